The van der Waals surface area contributed by atoms with Crippen LogP contribution in [-0.4, -0.2) is 19.3 Å². The van der Waals surface area contributed by atoms with Gasteiger partial charge in [-0.15, -0.1) is 0 Å². The van der Waals surface area contributed by atoms with Crippen LogP contribution in [0.25, 0.3) is 0 Å². The average Bonchev–Trinajstić information content (AvgIpc) is 2.22. The summed E-state index contributed by atoms with van der Waals surface area (Å²) in [6.07, 6.45) is 6.48. The Labute approximate surface area is 87.8 Å². The van der Waals surface area contributed by atoms with Crippen molar-refractivity contribution in [2.24, 2.45) is 0 Å². The molecule has 0 fully saturated rings. The molecular formula is C11H19O2P. The third kappa shape index (κ3) is 3.53. The zero-order valence-corrected chi connectivity index (χ0v) is 10.1. The number of ether oxygens (including phenoxy) is 1. The third-order valence-corrected chi connectivity index (χ3v) is 3.65. The fourth-order valence-electron chi connectivity index (χ4n) is 1.08. The standard InChI is InChI=1S/C11H19O2P/c1-4-5-8-13-14-9-6-11(2,12-3)7-10-14/h6-7,9-10H,4-5,8H2,1-3H3. The Morgan fingerprint density at radius 1 is 1.29 bits per heavy atom. The van der Waals surface area contributed by atoms with Gasteiger partial charge in [0.15, 0.2) is 0 Å². The molecule has 0 amide bonds. The normalized spacial score (nSPS) is 30.9. The summed E-state index contributed by atoms with van der Waals surface area (Å²) in [6, 6.07) is 0. The molecule has 14 heavy (non-hydrogen) atoms. The van der Waals surface area contributed by atoms with Crippen LogP contribution in [0.2, 0.25) is 0 Å². The fourth-order valence-corrected chi connectivity index (χ4v) is 2.58. The van der Waals surface area contributed by atoms with E-state index in [-0.39, 0.29) is 5.60 Å². The van der Waals surface area contributed by atoms with Crippen molar-refractivity contribution in [3.8, 4) is 0 Å². The van der Waals surface area contributed by atoms with Crippen molar-refractivity contribution < 1.29 is 9.26 Å². The molecule has 0 spiro atoms. The summed E-state index contributed by atoms with van der Waals surface area (Å²) in [5.41, 5.74) is -0.229. The second kappa shape index (κ2) is 5.65. The molecule has 1 heterocycles. The summed E-state index contributed by atoms with van der Waals surface area (Å²) in [5, 5.41) is 0. The van der Waals surface area contributed by atoms with E-state index in [1.54, 1.807) is 7.11 Å². The molecular weight excluding hydrogens is 195 g/mol. The SMILES string of the molecule is CCCCOP1C=CC(C)(OC)C=C1. The predicted octanol–water partition coefficient (Wildman–Crippen LogP) is 3.65. The van der Waals surface area contributed by atoms with E-state index in [4.69, 9.17) is 9.26 Å². The smallest absolute Gasteiger partial charge is 0.102 e. The van der Waals surface area contributed by atoms with Crippen molar-refractivity contribution in [2.75, 3.05) is 13.7 Å². The van der Waals surface area contributed by atoms with Crippen molar-refractivity contribution in [3.05, 3.63) is 23.8 Å². The minimum absolute atomic E-state index is 0.229. The first-order chi connectivity index (χ1) is 6.70. The highest BCUT2D eigenvalue weighted by Crippen LogP contribution is 2.45. The number of rotatable bonds is 5. The molecule has 1 rings (SSSR count). The fraction of sp³-hybridized carbons (Fsp3) is 0.636. The zero-order chi connectivity index (χ0) is 10.4. The summed E-state index contributed by atoms with van der Waals surface area (Å²) in [5.74, 6) is 4.24. The molecule has 0 saturated carbocycles. The lowest BCUT2D eigenvalue weighted by atomic mass is 10.1. The second-order valence-corrected chi connectivity index (χ2v) is 5.14. The maximum atomic E-state index is 5.70. The first-order valence-corrected chi connectivity index (χ1v) is 6.45. The van der Waals surface area contributed by atoms with Gasteiger partial charge in [0, 0.05) is 7.11 Å². The van der Waals surface area contributed by atoms with Crippen LogP contribution in [0, 0.1) is 0 Å². The zero-order valence-electron chi connectivity index (χ0n) is 9.19. The lowest BCUT2D eigenvalue weighted by Crippen LogP contribution is -2.21. The van der Waals surface area contributed by atoms with Gasteiger partial charge in [-0.2, -0.15) is 0 Å². The van der Waals surface area contributed by atoms with Gasteiger partial charge < -0.3 is 9.26 Å². The van der Waals surface area contributed by atoms with Gasteiger partial charge in [0.2, 0.25) is 0 Å². The molecule has 0 radical (unpaired) electrons. The third-order valence-electron chi connectivity index (χ3n) is 2.28. The first-order valence-electron chi connectivity index (χ1n) is 5.05. The van der Waals surface area contributed by atoms with Crippen molar-refractivity contribution in [2.45, 2.75) is 32.3 Å². The molecule has 3 heteroatoms. The maximum absolute atomic E-state index is 5.70. The number of hydrogen-bond donors (Lipinski definition) is 0. The molecule has 80 valence electrons. The van der Waals surface area contributed by atoms with Gasteiger partial charge in [-0.25, -0.2) is 0 Å². The molecule has 0 aromatic carbocycles. The highest BCUT2D eigenvalue weighted by molar-refractivity contribution is 7.59. The van der Waals surface area contributed by atoms with E-state index >= 15 is 0 Å². The van der Waals surface area contributed by atoms with Crippen molar-refractivity contribution in [1.29, 1.82) is 0 Å². The van der Waals surface area contributed by atoms with Gasteiger partial charge >= 0.3 is 0 Å². The van der Waals surface area contributed by atoms with Crippen LogP contribution in [0.3, 0.4) is 0 Å². The van der Waals surface area contributed by atoms with Crippen LogP contribution in [0.15, 0.2) is 23.8 Å². The average molecular weight is 214 g/mol. The van der Waals surface area contributed by atoms with Crippen LogP contribution in [0.1, 0.15) is 26.7 Å². The highest BCUT2D eigenvalue weighted by atomic mass is 31.1. The van der Waals surface area contributed by atoms with Crippen molar-refractivity contribution in [1.82, 2.24) is 0 Å². The van der Waals surface area contributed by atoms with Crippen LogP contribution < -0.4 is 0 Å². The molecule has 0 saturated heterocycles. The van der Waals surface area contributed by atoms with E-state index in [0.717, 1.165) is 13.0 Å². The molecule has 1 aliphatic heterocycles. The lowest BCUT2D eigenvalue weighted by Gasteiger charge is -2.25. The molecule has 1 aliphatic rings. The molecule has 0 aromatic heterocycles. The summed E-state index contributed by atoms with van der Waals surface area (Å²) in [7, 11) is 1.23. The van der Waals surface area contributed by atoms with E-state index in [9.17, 15) is 0 Å². The Morgan fingerprint density at radius 2 is 1.93 bits per heavy atom. The van der Waals surface area contributed by atoms with Gasteiger partial charge in [0.05, 0.1) is 14.8 Å². The molecule has 0 bridgehead atoms. The molecule has 0 N–H and O–H groups in total. The molecule has 0 unspecified atom stereocenters. The van der Waals surface area contributed by atoms with Gasteiger partial charge in [-0.3, -0.25) is 0 Å². The summed E-state index contributed by atoms with van der Waals surface area (Å²) >= 11 is 0. The van der Waals surface area contributed by atoms with Crippen LogP contribution in [0.4, 0.5) is 0 Å². The van der Waals surface area contributed by atoms with E-state index in [0.29, 0.717) is 0 Å². The van der Waals surface area contributed by atoms with Gasteiger partial charge in [0.25, 0.3) is 0 Å². The van der Waals surface area contributed by atoms with Crippen LogP contribution >= 0.6 is 8.15 Å². The lowest BCUT2D eigenvalue weighted by molar-refractivity contribution is 0.0905. The minimum Gasteiger partial charge on any atom is -0.370 e. The Morgan fingerprint density at radius 3 is 2.43 bits per heavy atom. The maximum Gasteiger partial charge on any atom is 0.102 e. The molecule has 0 aromatic rings. The molecule has 0 aliphatic carbocycles. The predicted molar refractivity (Wildman–Crippen MR) is 61.5 cm³/mol. The topological polar surface area (TPSA) is 18.5 Å². The molecule has 2 nitrogen and oxygen atoms in total. The van der Waals surface area contributed by atoms with E-state index < -0.39 is 8.15 Å². The second-order valence-electron chi connectivity index (χ2n) is 3.57. The summed E-state index contributed by atoms with van der Waals surface area (Å²) in [4.78, 5) is 0. The van der Waals surface area contributed by atoms with Crippen molar-refractivity contribution >= 4 is 8.15 Å². The van der Waals surface area contributed by atoms with Gasteiger partial charge in [0.1, 0.15) is 5.60 Å². The largest absolute Gasteiger partial charge is 0.370 e. The highest BCUT2D eigenvalue weighted by Gasteiger charge is 2.20. The van der Waals surface area contributed by atoms with Crippen molar-refractivity contribution in [3.63, 3.8) is 0 Å². The number of unbranched alkanes of at least 4 members (excludes halogenated alkanes) is 1. The van der Waals surface area contributed by atoms with Crippen LogP contribution in [-0.2, 0) is 9.26 Å². The van der Waals surface area contributed by atoms with E-state index in [1.165, 1.54) is 6.42 Å². The van der Waals surface area contributed by atoms with E-state index in [1.807, 2.05) is 6.92 Å². The number of methoxy groups -OCH3 is 1. The Balaban J connectivity index is 2.34. The van der Waals surface area contributed by atoms with Gasteiger partial charge in [-0.1, -0.05) is 13.3 Å². The minimum atomic E-state index is -0.489. The monoisotopic (exact) mass is 214 g/mol. The van der Waals surface area contributed by atoms with Crippen LogP contribution in [0.5, 0.6) is 0 Å². The first kappa shape index (κ1) is 11.9. The molecule has 0 atom stereocenters. The summed E-state index contributed by atoms with van der Waals surface area (Å²) in [6.45, 7) is 5.07. The number of hydrogen-bond acceptors (Lipinski definition) is 2. The Bertz CT molecular complexity index is 209. The van der Waals surface area contributed by atoms with Gasteiger partial charge in [-0.05, 0) is 37.1 Å². The van der Waals surface area contributed by atoms with E-state index in [2.05, 4.69) is 30.7 Å². The quantitative estimate of drug-likeness (QED) is 0.513. The Kier molecular flexibility index (Phi) is 4.80. The summed E-state index contributed by atoms with van der Waals surface area (Å²) < 4.78 is 11.0. The Hall–Kier alpha value is -0.170.